The van der Waals surface area contributed by atoms with E-state index in [1.165, 1.54) is 44.9 Å². The molecule has 7 atom stereocenters. The van der Waals surface area contributed by atoms with Crippen molar-refractivity contribution in [2.75, 3.05) is 0 Å². The van der Waals surface area contributed by atoms with Crippen molar-refractivity contribution in [1.82, 2.24) is 0 Å². The Morgan fingerprint density at radius 3 is 2.37 bits per heavy atom. The standard InChI is InChI=1S/C25H42O2/c1-5-17-15-20(6-2)24(4)21-16-19(23(17)24)14-18(21)10-11-22(26)27-25(7-3)12-8-9-13-25/h17-21,23H,5-16H2,1-4H3. The van der Waals surface area contributed by atoms with Gasteiger partial charge in [0.05, 0.1) is 0 Å². The Bertz CT molecular complexity index is 549. The van der Waals surface area contributed by atoms with E-state index in [-0.39, 0.29) is 11.6 Å². The Hall–Kier alpha value is -0.530. The maximum Gasteiger partial charge on any atom is 0.306 e. The van der Waals surface area contributed by atoms with Crippen LogP contribution in [0.2, 0.25) is 0 Å². The van der Waals surface area contributed by atoms with Gasteiger partial charge in [0.25, 0.3) is 0 Å². The Labute approximate surface area is 167 Å². The fraction of sp³-hybridized carbons (Fsp3) is 0.960. The van der Waals surface area contributed by atoms with Gasteiger partial charge in [-0.05, 0) is 98.7 Å². The van der Waals surface area contributed by atoms with Gasteiger partial charge in [-0.15, -0.1) is 0 Å². The van der Waals surface area contributed by atoms with Crippen molar-refractivity contribution in [2.45, 2.75) is 110 Å². The molecular formula is C25H42O2. The summed E-state index contributed by atoms with van der Waals surface area (Å²) in [6, 6.07) is 0. The van der Waals surface area contributed by atoms with E-state index in [9.17, 15) is 4.79 Å². The molecule has 0 radical (unpaired) electrons. The van der Waals surface area contributed by atoms with Crippen LogP contribution in [0.1, 0.15) is 105 Å². The number of carbonyl (C=O) groups excluding carboxylic acids is 1. The smallest absolute Gasteiger partial charge is 0.306 e. The summed E-state index contributed by atoms with van der Waals surface area (Å²) in [4.78, 5) is 12.6. The van der Waals surface area contributed by atoms with Crippen molar-refractivity contribution >= 4 is 5.97 Å². The van der Waals surface area contributed by atoms with E-state index in [2.05, 4.69) is 27.7 Å². The summed E-state index contributed by atoms with van der Waals surface area (Å²) in [6.45, 7) is 9.65. The van der Waals surface area contributed by atoms with E-state index in [0.717, 1.165) is 61.2 Å². The second-order valence-electron chi connectivity index (χ2n) is 10.8. The Morgan fingerprint density at radius 2 is 1.74 bits per heavy atom. The Kier molecular flexibility index (Phi) is 5.40. The van der Waals surface area contributed by atoms with Crippen LogP contribution in [0.15, 0.2) is 0 Å². The van der Waals surface area contributed by atoms with Crippen LogP contribution in [-0.4, -0.2) is 11.6 Å². The molecule has 2 heteroatoms. The normalized spacial score (nSPS) is 44.6. The minimum absolute atomic E-state index is 0.0909. The van der Waals surface area contributed by atoms with E-state index < -0.39 is 0 Å². The van der Waals surface area contributed by atoms with Crippen LogP contribution in [-0.2, 0) is 9.53 Å². The molecule has 0 amide bonds. The zero-order valence-corrected chi connectivity index (χ0v) is 18.3. The molecule has 0 spiro atoms. The van der Waals surface area contributed by atoms with Gasteiger partial charge in [-0.3, -0.25) is 4.79 Å². The minimum atomic E-state index is -0.115. The van der Waals surface area contributed by atoms with E-state index in [4.69, 9.17) is 4.74 Å². The fourth-order valence-corrected chi connectivity index (χ4v) is 8.70. The summed E-state index contributed by atoms with van der Waals surface area (Å²) < 4.78 is 6.04. The summed E-state index contributed by atoms with van der Waals surface area (Å²) in [5.74, 6) is 5.53. The predicted molar refractivity (Wildman–Crippen MR) is 110 cm³/mol. The first-order valence-electron chi connectivity index (χ1n) is 12.2. The molecule has 2 nitrogen and oxygen atoms in total. The minimum Gasteiger partial charge on any atom is -0.459 e. The number of rotatable bonds is 7. The van der Waals surface area contributed by atoms with Gasteiger partial charge < -0.3 is 4.74 Å². The van der Waals surface area contributed by atoms with Gasteiger partial charge in [0.2, 0.25) is 0 Å². The zero-order valence-electron chi connectivity index (χ0n) is 18.3. The highest BCUT2D eigenvalue weighted by atomic mass is 16.6. The fourth-order valence-electron chi connectivity index (χ4n) is 8.70. The molecule has 0 N–H and O–H groups in total. The molecule has 2 bridgehead atoms. The largest absolute Gasteiger partial charge is 0.459 e. The molecular weight excluding hydrogens is 332 g/mol. The van der Waals surface area contributed by atoms with Crippen LogP contribution >= 0.6 is 0 Å². The molecule has 4 saturated carbocycles. The van der Waals surface area contributed by atoms with Gasteiger partial charge in [-0.1, -0.05) is 40.5 Å². The van der Waals surface area contributed by atoms with E-state index in [0.29, 0.717) is 11.8 Å². The highest BCUT2D eigenvalue weighted by Gasteiger charge is 2.65. The van der Waals surface area contributed by atoms with Gasteiger partial charge in [0, 0.05) is 6.42 Å². The number of ether oxygens (including phenoxy) is 1. The molecule has 27 heavy (non-hydrogen) atoms. The quantitative estimate of drug-likeness (QED) is 0.460. The van der Waals surface area contributed by atoms with Crippen molar-refractivity contribution in [2.24, 2.45) is 40.9 Å². The number of hydrogen-bond acceptors (Lipinski definition) is 2. The van der Waals surface area contributed by atoms with Crippen LogP contribution in [0.25, 0.3) is 0 Å². The molecule has 0 aromatic carbocycles. The van der Waals surface area contributed by atoms with Crippen molar-refractivity contribution in [3.63, 3.8) is 0 Å². The molecule has 0 saturated heterocycles. The van der Waals surface area contributed by atoms with Crippen LogP contribution in [0.3, 0.4) is 0 Å². The van der Waals surface area contributed by atoms with Crippen LogP contribution < -0.4 is 0 Å². The monoisotopic (exact) mass is 374 g/mol. The first kappa shape index (κ1) is 19.8. The van der Waals surface area contributed by atoms with Gasteiger partial charge in [0.15, 0.2) is 0 Å². The highest BCUT2D eigenvalue weighted by Crippen LogP contribution is 2.72. The number of carbonyl (C=O) groups is 1. The second-order valence-corrected chi connectivity index (χ2v) is 10.8. The molecule has 4 aliphatic rings. The molecule has 7 unspecified atom stereocenters. The second kappa shape index (κ2) is 7.38. The molecule has 0 aromatic heterocycles. The van der Waals surface area contributed by atoms with Crippen molar-refractivity contribution in [1.29, 1.82) is 0 Å². The Morgan fingerprint density at radius 1 is 1.00 bits per heavy atom. The first-order valence-corrected chi connectivity index (χ1v) is 12.2. The Balaban J connectivity index is 1.37. The SMILES string of the molecule is CCC1CC(CC)C2(C)C3CC(CC3CCC(=O)OC3(CC)CCCC3)C12. The number of esters is 1. The lowest BCUT2D eigenvalue weighted by molar-refractivity contribution is -0.160. The third-order valence-corrected chi connectivity index (χ3v) is 9.96. The van der Waals surface area contributed by atoms with Crippen molar-refractivity contribution < 1.29 is 9.53 Å². The summed E-state index contributed by atoms with van der Waals surface area (Å²) in [5.41, 5.74) is 0.443. The average Bonchev–Trinajstić information content (AvgIpc) is 3.40. The highest BCUT2D eigenvalue weighted by molar-refractivity contribution is 5.70. The van der Waals surface area contributed by atoms with Gasteiger partial charge in [-0.2, -0.15) is 0 Å². The van der Waals surface area contributed by atoms with Gasteiger partial charge in [-0.25, -0.2) is 0 Å². The third-order valence-electron chi connectivity index (χ3n) is 9.96. The van der Waals surface area contributed by atoms with Gasteiger partial charge in [0.1, 0.15) is 5.60 Å². The molecule has 4 rings (SSSR count). The topological polar surface area (TPSA) is 26.3 Å². The first-order chi connectivity index (χ1) is 13.0. The lowest BCUT2D eigenvalue weighted by Gasteiger charge is -2.45. The number of fused-ring (bicyclic) bond motifs is 5. The summed E-state index contributed by atoms with van der Waals surface area (Å²) >= 11 is 0. The molecule has 0 aromatic rings. The average molecular weight is 375 g/mol. The molecule has 4 fully saturated rings. The molecule has 0 heterocycles. The predicted octanol–water partition coefficient (Wildman–Crippen LogP) is 6.77. The van der Waals surface area contributed by atoms with Crippen molar-refractivity contribution in [3.8, 4) is 0 Å². The van der Waals surface area contributed by atoms with E-state index >= 15 is 0 Å². The lowest BCUT2D eigenvalue weighted by Crippen LogP contribution is -2.40. The van der Waals surface area contributed by atoms with Gasteiger partial charge >= 0.3 is 5.97 Å². The lowest BCUT2D eigenvalue weighted by atomic mass is 9.59. The molecule has 154 valence electrons. The third kappa shape index (κ3) is 3.08. The van der Waals surface area contributed by atoms with Crippen LogP contribution in [0.4, 0.5) is 0 Å². The zero-order chi connectivity index (χ0) is 19.2. The summed E-state index contributed by atoms with van der Waals surface area (Å²) in [6.07, 6.45) is 14.4. The maximum atomic E-state index is 12.6. The van der Waals surface area contributed by atoms with Crippen LogP contribution in [0.5, 0.6) is 0 Å². The molecule has 4 aliphatic carbocycles. The van der Waals surface area contributed by atoms with E-state index in [1.54, 1.807) is 0 Å². The van der Waals surface area contributed by atoms with E-state index in [1.807, 2.05) is 0 Å². The number of hydrogen-bond donors (Lipinski definition) is 0. The summed E-state index contributed by atoms with van der Waals surface area (Å²) in [5, 5.41) is 0. The van der Waals surface area contributed by atoms with Crippen LogP contribution in [0, 0.1) is 40.9 Å². The molecule has 0 aliphatic heterocycles. The summed E-state index contributed by atoms with van der Waals surface area (Å²) in [7, 11) is 0. The van der Waals surface area contributed by atoms with Crippen molar-refractivity contribution in [3.05, 3.63) is 0 Å². The maximum absolute atomic E-state index is 12.6.